The molecule has 0 saturated carbocycles. The summed E-state index contributed by atoms with van der Waals surface area (Å²) in [5.41, 5.74) is 6.68. The molecule has 0 bridgehead atoms. The van der Waals surface area contributed by atoms with Crippen LogP contribution in [0.1, 0.15) is 62.8 Å². The quantitative estimate of drug-likeness (QED) is 0.140. The van der Waals surface area contributed by atoms with E-state index in [4.69, 9.17) is 4.84 Å². The lowest BCUT2D eigenvalue weighted by atomic mass is 10.0. The molecular formula is C35H41FN8O. The Balaban J connectivity index is 1.18. The maximum atomic E-state index is 13.6. The van der Waals surface area contributed by atoms with Crippen molar-refractivity contribution in [3.05, 3.63) is 95.8 Å². The molecule has 9 nitrogen and oxygen atoms in total. The number of halogens is 1. The Kier molecular flexibility index (Phi) is 9.92. The first-order chi connectivity index (χ1) is 22.1. The standard InChI is InChI=1S/C35H41FN8O/c1-3-5-16-42(17-6-4-2)22-30-23-43(41-40-30)31-13-14-33-32(21-31)35(38-25-37-33)39-29-12-15-34-27(20-29)10-8-18-44(34)45-24-26-9-7-11-28(36)19-26/h7,9,11-15,19-21,23,25H,3-6,8,10,16-18,22,24H2,1-2H3,(H,37,38,39). The summed E-state index contributed by atoms with van der Waals surface area (Å²) in [5.74, 6) is 0.468. The van der Waals surface area contributed by atoms with Gasteiger partial charge in [0.2, 0.25) is 0 Å². The zero-order valence-electron chi connectivity index (χ0n) is 26.1. The van der Waals surface area contributed by atoms with Crippen LogP contribution in [0.5, 0.6) is 0 Å². The molecule has 1 aliphatic heterocycles. The summed E-state index contributed by atoms with van der Waals surface area (Å²) in [6.07, 6.45) is 10.3. The Morgan fingerprint density at radius 2 is 1.84 bits per heavy atom. The highest BCUT2D eigenvalue weighted by Gasteiger charge is 2.19. The molecule has 234 valence electrons. The van der Waals surface area contributed by atoms with Gasteiger partial charge in [0.1, 0.15) is 24.6 Å². The van der Waals surface area contributed by atoms with Crippen molar-refractivity contribution in [2.75, 3.05) is 30.0 Å². The maximum absolute atomic E-state index is 13.6. The van der Waals surface area contributed by atoms with Crippen LogP contribution in [-0.4, -0.2) is 49.5 Å². The molecule has 45 heavy (non-hydrogen) atoms. The predicted octanol–water partition coefficient (Wildman–Crippen LogP) is 7.38. The van der Waals surface area contributed by atoms with E-state index in [1.165, 1.54) is 43.4 Å². The molecule has 3 aromatic carbocycles. The summed E-state index contributed by atoms with van der Waals surface area (Å²) >= 11 is 0. The SMILES string of the molecule is CCCCN(CCCC)Cc1cn(-c2ccc3ncnc(Nc4ccc5c(c4)CCCN5OCc4cccc(F)c4)c3c2)nn1. The van der Waals surface area contributed by atoms with Crippen molar-refractivity contribution in [1.29, 1.82) is 0 Å². The van der Waals surface area contributed by atoms with E-state index in [0.29, 0.717) is 6.61 Å². The number of hydrogen-bond donors (Lipinski definition) is 1. The molecule has 0 fully saturated rings. The highest BCUT2D eigenvalue weighted by Crippen LogP contribution is 2.32. The van der Waals surface area contributed by atoms with Crippen molar-refractivity contribution in [1.82, 2.24) is 29.9 Å². The van der Waals surface area contributed by atoms with Crippen LogP contribution in [0, 0.1) is 5.82 Å². The van der Waals surface area contributed by atoms with Gasteiger partial charge in [0, 0.05) is 24.2 Å². The van der Waals surface area contributed by atoms with E-state index in [-0.39, 0.29) is 5.82 Å². The lowest BCUT2D eigenvalue weighted by Gasteiger charge is -2.30. The molecule has 0 aliphatic carbocycles. The minimum absolute atomic E-state index is 0.256. The van der Waals surface area contributed by atoms with Crippen molar-refractivity contribution >= 4 is 28.1 Å². The minimum atomic E-state index is -0.256. The van der Waals surface area contributed by atoms with E-state index < -0.39 is 0 Å². The molecule has 0 unspecified atom stereocenters. The van der Waals surface area contributed by atoms with Gasteiger partial charge in [0.25, 0.3) is 0 Å². The molecule has 6 rings (SSSR count). The van der Waals surface area contributed by atoms with Crippen LogP contribution in [0.15, 0.2) is 73.2 Å². The lowest BCUT2D eigenvalue weighted by molar-refractivity contribution is 0.0906. The number of benzene rings is 3. The molecule has 0 amide bonds. The molecule has 10 heteroatoms. The average molecular weight is 609 g/mol. The average Bonchev–Trinajstić information content (AvgIpc) is 3.53. The Morgan fingerprint density at radius 3 is 2.67 bits per heavy atom. The molecule has 0 spiro atoms. The molecule has 2 aromatic heterocycles. The van der Waals surface area contributed by atoms with E-state index in [2.05, 4.69) is 62.5 Å². The Hall–Kier alpha value is -4.41. The van der Waals surface area contributed by atoms with Crippen LogP contribution < -0.4 is 10.4 Å². The fourth-order valence-electron chi connectivity index (χ4n) is 5.74. The number of rotatable bonds is 14. The molecule has 0 atom stereocenters. The summed E-state index contributed by atoms with van der Waals surface area (Å²) in [4.78, 5) is 17.7. The van der Waals surface area contributed by atoms with Gasteiger partial charge in [0.15, 0.2) is 0 Å². The molecule has 1 N–H and O–H groups in total. The third kappa shape index (κ3) is 7.64. The van der Waals surface area contributed by atoms with Gasteiger partial charge in [-0.15, -0.1) is 5.10 Å². The number of fused-ring (bicyclic) bond motifs is 2. The van der Waals surface area contributed by atoms with Gasteiger partial charge in [-0.1, -0.05) is 44.0 Å². The summed E-state index contributed by atoms with van der Waals surface area (Å²) in [7, 11) is 0. The lowest BCUT2D eigenvalue weighted by Crippen LogP contribution is -2.29. The predicted molar refractivity (Wildman–Crippen MR) is 176 cm³/mol. The summed E-state index contributed by atoms with van der Waals surface area (Å²) in [6, 6.07) is 18.8. The largest absolute Gasteiger partial charge is 0.340 e. The van der Waals surface area contributed by atoms with Crippen molar-refractivity contribution in [2.45, 2.75) is 65.5 Å². The maximum Gasteiger partial charge on any atom is 0.141 e. The van der Waals surface area contributed by atoms with E-state index in [9.17, 15) is 4.39 Å². The van der Waals surface area contributed by atoms with Gasteiger partial charge in [-0.25, -0.2) is 19.0 Å². The molecule has 0 saturated heterocycles. The first kappa shape index (κ1) is 30.6. The van der Waals surface area contributed by atoms with Gasteiger partial charge in [-0.2, -0.15) is 0 Å². The smallest absolute Gasteiger partial charge is 0.141 e. The Labute approximate surface area is 264 Å². The number of anilines is 3. The van der Waals surface area contributed by atoms with Gasteiger partial charge in [0.05, 0.1) is 28.8 Å². The number of unbranched alkanes of at least 4 members (excludes halogenated alkanes) is 2. The minimum Gasteiger partial charge on any atom is -0.340 e. The van der Waals surface area contributed by atoms with Crippen LogP contribution in [-0.2, 0) is 24.4 Å². The van der Waals surface area contributed by atoms with E-state index >= 15 is 0 Å². The fourth-order valence-corrected chi connectivity index (χ4v) is 5.74. The zero-order valence-corrected chi connectivity index (χ0v) is 26.1. The Bertz CT molecular complexity index is 1720. The van der Waals surface area contributed by atoms with Crippen molar-refractivity contribution in [2.24, 2.45) is 0 Å². The number of hydrogen-bond acceptors (Lipinski definition) is 8. The molecular weight excluding hydrogens is 567 g/mol. The van der Waals surface area contributed by atoms with E-state index in [1.807, 2.05) is 40.2 Å². The summed E-state index contributed by atoms with van der Waals surface area (Å²) < 4.78 is 15.5. The van der Waals surface area contributed by atoms with Crippen LogP contribution in [0.2, 0.25) is 0 Å². The van der Waals surface area contributed by atoms with Crippen LogP contribution in [0.4, 0.5) is 21.6 Å². The van der Waals surface area contributed by atoms with Crippen molar-refractivity contribution < 1.29 is 9.23 Å². The van der Waals surface area contributed by atoms with E-state index in [0.717, 1.165) is 84.1 Å². The second-order valence-corrected chi connectivity index (χ2v) is 11.6. The molecule has 3 heterocycles. The molecule has 1 aliphatic rings. The third-order valence-corrected chi connectivity index (χ3v) is 8.16. The van der Waals surface area contributed by atoms with Gasteiger partial charge in [-0.3, -0.25) is 14.8 Å². The van der Waals surface area contributed by atoms with Crippen molar-refractivity contribution in [3.63, 3.8) is 0 Å². The zero-order chi connectivity index (χ0) is 31.0. The fraction of sp³-hybridized carbons (Fsp3) is 0.371. The highest BCUT2D eigenvalue weighted by molar-refractivity contribution is 5.92. The number of nitrogens with zero attached hydrogens (tertiary/aromatic N) is 7. The molecule has 0 radical (unpaired) electrons. The molecule has 5 aromatic rings. The van der Waals surface area contributed by atoms with Crippen LogP contribution in [0.3, 0.4) is 0 Å². The highest BCUT2D eigenvalue weighted by atomic mass is 19.1. The monoisotopic (exact) mass is 608 g/mol. The van der Waals surface area contributed by atoms with Crippen molar-refractivity contribution in [3.8, 4) is 5.69 Å². The first-order valence-corrected chi connectivity index (χ1v) is 16.0. The van der Waals surface area contributed by atoms with Crippen LogP contribution in [0.25, 0.3) is 16.6 Å². The third-order valence-electron chi connectivity index (χ3n) is 8.16. The number of aromatic nitrogens is 5. The summed E-state index contributed by atoms with van der Waals surface area (Å²) in [6.45, 7) is 8.52. The van der Waals surface area contributed by atoms with Gasteiger partial charge in [-0.05, 0) is 98.4 Å². The Morgan fingerprint density at radius 1 is 0.978 bits per heavy atom. The first-order valence-electron chi connectivity index (χ1n) is 16.0. The second kappa shape index (κ2) is 14.6. The van der Waals surface area contributed by atoms with Gasteiger partial charge < -0.3 is 5.32 Å². The topological polar surface area (TPSA) is 84.2 Å². The van der Waals surface area contributed by atoms with Crippen LogP contribution >= 0.6 is 0 Å². The summed E-state index contributed by atoms with van der Waals surface area (Å²) in [5, 5.41) is 15.3. The van der Waals surface area contributed by atoms with Gasteiger partial charge >= 0.3 is 0 Å². The van der Waals surface area contributed by atoms with E-state index in [1.54, 1.807) is 12.4 Å². The second-order valence-electron chi connectivity index (χ2n) is 11.6. The number of aryl methyl sites for hydroxylation is 1. The number of nitrogens with one attached hydrogen (secondary N) is 1. The number of hydroxylamine groups is 1. The normalized spacial score (nSPS) is 13.0.